The number of nitrogens with one attached hydrogen (secondary N) is 1. The molecule has 18 heavy (non-hydrogen) atoms. The van der Waals surface area contributed by atoms with Gasteiger partial charge in [-0.1, -0.05) is 6.07 Å². The van der Waals surface area contributed by atoms with Crippen LogP contribution in [0.15, 0.2) is 17.0 Å². The SMILES string of the molecule is Cc1cc(C)c(S(=O)(=O)O)cc1NC(=O)CCCl. The Balaban J connectivity index is 3.18. The summed E-state index contributed by atoms with van der Waals surface area (Å²) < 4.78 is 31.4. The van der Waals surface area contributed by atoms with Crippen LogP contribution in [0.1, 0.15) is 17.5 Å². The van der Waals surface area contributed by atoms with E-state index in [4.69, 9.17) is 16.2 Å². The Morgan fingerprint density at radius 3 is 2.44 bits per heavy atom. The van der Waals surface area contributed by atoms with Gasteiger partial charge in [0.1, 0.15) is 0 Å². The number of carbonyl (C=O) groups is 1. The highest BCUT2D eigenvalue weighted by Gasteiger charge is 2.16. The van der Waals surface area contributed by atoms with Gasteiger partial charge in [0.15, 0.2) is 0 Å². The number of halogens is 1. The molecule has 1 aromatic rings. The molecular weight excluding hydrogens is 278 g/mol. The third-order valence-corrected chi connectivity index (χ3v) is 3.58. The predicted molar refractivity (Wildman–Crippen MR) is 69.7 cm³/mol. The number of hydrogen-bond donors (Lipinski definition) is 2. The molecule has 1 rings (SSSR count). The van der Waals surface area contributed by atoms with Crippen molar-refractivity contribution in [2.75, 3.05) is 11.2 Å². The monoisotopic (exact) mass is 291 g/mol. The fourth-order valence-corrected chi connectivity index (χ4v) is 2.45. The second-order valence-electron chi connectivity index (χ2n) is 3.89. The van der Waals surface area contributed by atoms with Crippen LogP contribution in [0.25, 0.3) is 0 Å². The highest BCUT2D eigenvalue weighted by atomic mass is 35.5. The minimum absolute atomic E-state index is 0.135. The summed E-state index contributed by atoms with van der Waals surface area (Å²) in [6.07, 6.45) is 0.135. The fourth-order valence-electron chi connectivity index (χ4n) is 1.54. The van der Waals surface area contributed by atoms with Gasteiger partial charge in [-0.15, -0.1) is 11.6 Å². The Kier molecular flexibility index (Phi) is 4.72. The van der Waals surface area contributed by atoms with Crippen molar-refractivity contribution in [3.05, 3.63) is 23.3 Å². The molecule has 0 aliphatic heterocycles. The average Bonchev–Trinajstić information content (AvgIpc) is 2.20. The van der Waals surface area contributed by atoms with Gasteiger partial charge in [0.25, 0.3) is 10.1 Å². The van der Waals surface area contributed by atoms with Crippen molar-refractivity contribution in [1.29, 1.82) is 0 Å². The molecular formula is C11H14ClNO4S. The summed E-state index contributed by atoms with van der Waals surface area (Å²) in [4.78, 5) is 11.2. The van der Waals surface area contributed by atoms with Crippen LogP contribution < -0.4 is 5.32 Å². The first kappa shape index (κ1) is 14.9. The van der Waals surface area contributed by atoms with Crippen LogP contribution in [-0.2, 0) is 14.9 Å². The smallest absolute Gasteiger partial charge is 0.294 e. The minimum Gasteiger partial charge on any atom is -0.326 e. The van der Waals surface area contributed by atoms with Gasteiger partial charge in [0, 0.05) is 18.0 Å². The van der Waals surface area contributed by atoms with Gasteiger partial charge in [-0.25, -0.2) is 0 Å². The fraction of sp³-hybridized carbons (Fsp3) is 0.364. The third kappa shape index (κ3) is 3.69. The van der Waals surface area contributed by atoms with E-state index >= 15 is 0 Å². The Morgan fingerprint density at radius 1 is 1.33 bits per heavy atom. The van der Waals surface area contributed by atoms with E-state index in [1.807, 2.05) is 0 Å². The summed E-state index contributed by atoms with van der Waals surface area (Å²) in [6, 6.07) is 2.82. The Hall–Kier alpha value is -1.11. The Morgan fingerprint density at radius 2 is 1.94 bits per heavy atom. The van der Waals surface area contributed by atoms with E-state index in [2.05, 4.69) is 5.32 Å². The first-order valence-corrected chi connectivity index (χ1v) is 7.17. The molecule has 0 aliphatic carbocycles. The van der Waals surface area contributed by atoms with Crippen molar-refractivity contribution in [3.63, 3.8) is 0 Å². The van der Waals surface area contributed by atoms with E-state index in [0.717, 1.165) is 0 Å². The molecule has 0 heterocycles. The van der Waals surface area contributed by atoms with Gasteiger partial charge in [-0.3, -0.25) is 9.35 Å². The zero-order chi connectivity index (χ0) is 13.9. The van der Waals surface area contributed by atoms with Crippen LogP contribution in [-0.4, -0.2) is 24.8 Å². The van der Waals surface area contributed by atoms with E-state index < -0.39 is 10.1 Å². The lowest BCUT2D eigenvalue weighted by molar-refractivity contribution is -0.115. The lowest BCUT2D eigenvalue weighted by atomic mass is 10.1. The molecule has 100 valence electrons. The normalized spacial score (nSPS) is 11.3. The first-order valence-electron chi connectivity index (χ1n) is 5.20. The van der Waals surface area contributed by atoms with Gasteiger partial charge >= 0.3 is 0 Å². The molecule has 0 saturated carbocycles. The standard InChI is InChI=1S/C11H14ClNO4S/c1-7-5-8(2)10(18(15,16)17)6-9(7)13-11(14)3-4-12/h5-6H,3-4H2,1-2H3,(H,13,14)(H,15,16,17). The van der Waals surface area contributed by atoms with E-state index in [1.54, 1.807) is 19.9 Å². The molecule has 0 saturated heterocycles. The zero-order valence-electron chi connectivity index (χ0n) is 10.0. The predicted octanol–water partition coefficient (Wildman–Crippen LogP) is 2.12. The molecule has 0 bridgehead atoms. The average molecular weight is 292 g/mol. The number of alkyl halides is 1. The third-order valence-electron chi connectivity index (χ3n) is 2.40. The molecule has 0 aromatic heterocycles. The molecule has 1 aromatic carbocycles. The largest absolute Gasteiger partial charge is 0.326 e. The maximum Gasteiger partial charge on any atom is 0.294 e. The first-order chi connectivity index (χ1) is 8.25. The summed E-state index contributed by atoms with van der Waals surface area (Å²) in [6.45, 7) is 3.30. The molecule has 0 atom stereocenters. The van der Waals surface area contributed by atoms with E-state index in [0.29, 0.717) is 16.8 Å². The number of amides is 1. The summed E-state index contributed by atoms with van der Waals surface area (Å²) in [5, 5.41) is 2.55. The minimum atomic E-state index is -4.30. The van der Waals surface area contributed by atoms with Crippen molar-refractivity contribution >= 4 is 33.3 Å². The van der Waals surface area contributed by atoms with Crippen molar-refractivity contribution in [1.82, 2.24) is 0 Å². The van der Waals surface area contributed by atoms with Crippen molar-refractivity contribution in [3.8, 4) is 0 Å². The van der Waals surface area contributed by atoms with Gasteiger partial charge in [0.05, 0.1) is 4.90 Å². The molecule has 5 nitrogen and oxygen atoms in total. The molecule has 0 fully saturated rings. The second kappa shape index (κ2) is 5.69. The van der Waals surface area contributed by atoms with Crippen molar-refractivity contribution in [2.24, 2.45) is 0 Å². The molecule has 0 spiro atoms. The number of benzene rings is 1. The van der Waals surface area contributed by atoms with Gasteiger partial charge in [-0.05, 0) is 31.0 Å². The maximum absolute atomic E-state index is 11.4. The summed E-state index contributed by atoms with van der Waals surface area (Å²) in [5.74, 6) is -0.125. The highest BCUT2D eigenvalue weighted by Crippen LogP contribution is 2.24. The highest BCUT2D eigenvalue weighted by molar-refractivity contribution is 7.85. The van der Waals surface area contributed by atoms with Gasteiger partial charge in [0.2, 0.25) is 5.91 Å². The van der Waals surface area contributed by atoms with Crippen LogP contribution in [0.5, 0.6) is 0 Å². The summed E-state index contributed by atoms with van der Waals surface area (Å²) in [7, 11) is -4.30. The molecule has 0 aliphatic rings. The van der Waals surface area contributed by atoms with Crippen LogP contribution in [0.2, 0.25) is 0 Å². The number of anilines is 1. The lowest BCUT2D eigenvalue weighted by Crippen LogP contribution is -2.13. The topological polar surface area (TPSA) is 83.5 Å². The van der Waals surface area contributed by atoms with Gasteiger partial charge < -0.3 is 5.32 Å². The van der Waals surface area contributed by atoms with Crippen molar-refractivity contribution in [2.45, 2.75) is 25.2 Å². The Labute approximate surface area is 111 Å². The summed E-state index contributed by atoms with van der Waals surface area (Å²) in [5.41, 5.74) is 1.48. The molecule has 2 N–H and O–H groups in total. The van der Waals surface area contributed by atoms with Crippen LogP contribution in [0, 0.1) is 13.8 Å². The zero-order valence-corrected chi connectivity index (χ0v) is 11.6. The number of hydrogen-bond acceptors (Lipinski definition) is 3. The summed E-state index contributed by atoms with van der Waals surface area (Å²) >= 11 is 5.43. The van der Waals surface area contributed by atoms with Crippen LogP contribution in [0.4, 0.5) is 5.69 Å². The van der Waals surface area contributed by atoms with E-state index in [-0.39, 0.29) is 23.1 Å². The van der Waals surface area contributed by atoms with Crippen LogP contribution >= 0.6 is 11.6 Å². The second-order valence-corrected chi connectivity index (χ2v) is 5.66. The molecule has 0 radical (unpaired) electrons. The lowest BCUT2D eigenvalue weighted by Gasteiger charge is -2.11. The molecule has 1 amide bonds. The number of rotatable bonds is 4. The number of carbonyl (C=O) groups excluding carboxylic acids is 1. The molecule has 0 unspecified atom stereocenters. The molecule has 7 heteroatoms. The van der Waals surface area contributed by atoms with E-state index in [1.165, 1.54) is 6.07 Å². The Bertz CT molecular complexity index is 569. The van der Waals surface area contributed by atoms with E-state index in [9.17, 15) is 13.2 Å². The van der Waals surface area contributed by atoms with Gasteiger partial charge in [-0.2, -0.15) is 8.42 Å². The number of aryl methyl sites for hydroxylation is 2. The quantitative estimate of drug-likeness (QED) is 0.657. The maximum atomic E-state index is 11.4. The van der Waals surface area contributed by atoms with Crippen molar-refractivity contribution < 1.29 is 17.8 Å². The van der Waals surface area contributed by atoms with Crippen LogP contribution in [0.3, 0.4) is 0 Å².